The van der Waals surface area contributed by atoms with Gasteiger partial charge in [0.05, 0.1) is 17.8 Å². The van der Waals surface area contributed by atoms with Crippen molar-refractivity contribution in [2.75, 3.05) is 6.61 Å². The van der Waals surface area contributed by atoms with Crippen LogP contribution in [0.5, 0.6) is 0 Å². The maximum absolute atomic E-state index is 12.6. The van der Waals surface area contributed by atoms with Gasteiger partial charge in [-0.1, -0.05) is 12.8 Å². The van der Waals surface area contributed by atoms with Gasteiger partial charge in [-0.15, -0.1) is 11.3 Å². The summed E-state index contributed by atoms with van der Waals surface area (Å²) in [6.45, 7) is 3.69. The maximum atomic E-state index is 12.6. The van der Waals surface area contributed by atoms with E-state index in [2.05, 4.69) is 10.3 Å². The van der Waals surface area contributed by atoms with E-state index in [1.165, 1.54) is 11.3 Å². The van der Waals surface area contributed by atoms with Gasteiger partial charge in [-0.3, -0.25) is 4.79 Å². The summed E-state index contributed by atoms with van der Waals surface area (Å²) in [5.74, 6) is 1.35. The number of nitrogens with zero attached hydrogens (tertiary/aromatic N) is 1. The van der Waals surface area contributed by atoms with Crippen LogP contribution in [0.4, 0.5) is 0 Å². The summed E-state index contributed by atoms with van der Waals surface area (Å²) in [7, 11) is 0. The number of aryl methyl sites for hydroxylation is 2. The fraction of sp³-hybridized carbons (Fsp3) is 0.500. The molecule has 2 heterocycles. The summed E-state index contributed by atoms with van der Waals surface area (Å²) in [5.41, 5.74) is 0.229. The molecule has 1 amide bonds. The van der Waals surface area contributed by atoms with Gasteiger partial charge in [-0.05, 0) is 38.8 Å². The highest BCUT2D eigenvalue weighted by Crippen LogP contribution is 2.32. The topological polar surface area (TPSA) is 75.4 Å². The number of aliphatic hydroxyl groups excluding tert-OH is 1. The first-order valence-corrected chi connectivity index (χ1v) is 8.32. The van der Waals surface area contributed by atoms with Crippen molar-refractivity contribution in [2.45, 2.75) is 45.1 Å². The summed E-state index contributed by atoms with van der Waals surface area (Å²) in [6, 6.07) is 3.74. The van der Waals surface area contributed by atoms with Crippen LogP contribution in [-0.4, -0.2) is 28.1 Å². The molecule has 118 valence electrons. The van der Waals surface area contributed by atoms with E-state index in [0.717, 1.165) is 31.4 Å². The van der Waals surface area contributed by atoms with Crippen LogP contribution in [-0.2, 0) is 0 Å². The zero-order valence-electron chi connectivity index (χ0n) is 12.8. The molecule has 0 radical (unpaired) electrons. The van der Waals surface area contributed by atoms with Crippen molar-refractivity contribution >= 4 is 17.2 Å². The van der Waals surface area contributed by atoms with Crippen LogP contribution in [0, 0.1) is 13.8 Å². The minimum absolute atomic E-state index is 0.0131. The van der Waals surface area contributed by atoms with Gasteiger partial charge < -0.3 is 14.8 Å². The standard InChI is InChI=1S/C16H20N2O3S/c1-10-5-6-12(21-10)15-17-11(2)13(22-15)14(20)18-16(9-19)7-3-4-8-16/h5-6,19H,3-4,7-9H2,1-2H3,(H,18,20). The van der Waals surface area contributed by atoms with Gasteiger partial charge in [0, 0.05) is 0 Å². The molecule has 2 aromatic rings. The molecule has 5 nitrogen and oxygen atoms in total. The lowest BCUT2D eigenvalue weighted by Crippen LogP contribution is -2.49. The highest BCUT2D eigenvalue weighted by Gasteiger charge is 2.35. The molecule has 1 aliphatic carbocycles. The monoisotopic (exact) mass is 320 g/mol. The van der Waals surface area contributed by atoms with Gasteiger partial charge in [0.2, 0.25) is 0 Å². The zero-order valence-corrected chi connectivity index (χ0v) is 13.6. The second-order valence-electron chi connectivity index (χ2n) is 5.94. The summed E-state index contributed by atoms with van der Waals surface area (Å²) in [4.78, 5) is 17.6. The number of hydrogen-bond acceptors (Lipinski definition) is 5. The van der Waals surface area contributed by atoms with E-state index in [1.807, 2.05) is 26.0 Å². The van der Waals surface area contributed by atoms with Crippen molar-refractivity contribution in [3.8, 4) is 10.8 Å². The Morgan fingerprint density at radius 3 is 2.73 bits per heavy atom. The van der Waals surface area contributed by atoms with Crippen LogP contribution in [0.3, 0.4) is 0 Å². The Labute approximate surface area is 133 Å². The van der Waals surface area contributed by atoms with Crippen molar-refractivity contribution < 1.29 is 14.3 Å². The Balaban J connectivity index is 1.82. The van der Waals surface area contributed by atoms with Crippen LogP contribution in [0.15, 0.2) is 16.5 Å². The number of thiazole rings is 1. The van der Waals surface area contributed by atoms with Gasteiger partial charge in [0.1, 0.15) is 10.6 Å². The molecule has 0 saturated heterocycles. The fourth-order valence-corrected chi connectivity index (χ4v) is 3.86. The first-order valence-electron chi connectivity index (χ1n) is 7.51. The quantitative estimate of drug-likeness (QED) is 0.908. The molecule has 1 saturated carbocycles. The summed E-state index contributed by atoms with van der Waals surface area (Å²) < 4.78 is 5.57. The Morgan fingerprint density at radius 2 is 2.14 bits per heavy atom. The lowest BCUT2D eigenvalue weighted by molar-refractivity contribution is 0.0842. The van der Waals surface area contributed by atoms with Gasteiger partial charge in [0.15, 0.2) is 10.8 Å². The number of carbonyl (C=O) groups is 1. The fourth-order valence-electron chi connectivity index (χ4n) is 2.93. The summed E-state index contributed by atoms with van der Waals surface area (Å²) in [5, 5.41) is 13.4. The third kappa shape index (κ3) is 2.80. The first-order chi connectivity index (χ1) is 10.5. The molecule has 22 heavy (non-hydrogen) atoms. The molecule has 0 bridgehead atoms. The van der Waals surface area contributed by atoms with E-state index in [9.17, 15) is 9.90 Å². The van der Waals surface area contributed by atoms with E-state index in [4.69, 9.17) is 4.42 Å². The van der Waals surface area contributed by atoms with Crippen molar-refractivity contribution in [1.82, 2.24) is 10.3 Å². The molecule has 2 aromatic heterocycles. The Bertz CT molecular complexity index is 683. The number of carbonyl (C=O) groups excluding carboxylic acids is 1. The van der Waals surface area contributed by atoms with Gasteiger partial charge in [-0.25, -0.2) is 4.98 Å². The van der Waals surface area contributed by atoms with E-state index in [1.54, 1.807) is 0 Å². The van der Waals surface area contributed by atoms with E-state index < -0.39 is 5.54 Å². The predicted octanol–water partition coefficient (Wildman–Crippen LogP) is 3.05. The number of nitrogens with one attached hydrogen (secondary N) is 1. The molecule has 0 unspecified atom stereocenters. The number of rotatable bonds is 4. The Hall–Kier alpha value is -1.66. The lowest BCUT2D eigenvalue weighted by Gasteiger charge is -2.27. The average molecular weight is 320 g/mol. The number of aliphatic hydroxyl groups is 1. The van der Waals surface area contributed by atoms with E-state index in [-0.39, 0.29) is 12.5 Å². The molecule has 2 N–H and O–H groups in total. The van der Waals surface area contributed by atoms with Crippen molar-refractivity contribution in [3.63, 3.8) is 0 Å². The van der Waals surface area contributed by atoms with Crippen LogP contribution >= 0.6 is 11.3 Å². The van der Waals surface area contributed by atoms with Gasteiger partial charge in [0.25, 0.3) is 5.91 Å². The van der Waals surface area contributed by atoms with Crippen molar-refractivity contribution in [2.24, 2.45) is 0 Å². The Morgan fingerprint density at radius 1 is 1.41 bits per heavy atom. The van der Waals surface area contributed by atoms with Gasteiger partial charge in [-0.2, -0.15) is 0 Å². The molecule has 1 aliphatic rings. The molecule has 6 heteroatoms. The van der Waals surface area contributed by atoms with E-state index in [0.29, 0.717) is 21.3 Å². The van der Waals surface area contributed by atoms with Crippen LogP contribution in [0.25, 0.3) is 10.8 Å². The minimum Gasteiger partial charge on any atom is -0.459 e. The summed E-state index contributed by atoms with van der Waals surface area (Å²) >= 11 is 1.33. The molecule has 0 aliphatic heterocycles. The molecular weight excluding hydrogens is 300 g/mol. The van der Waals surface area contributed by atoms with Gasteiger partial charge >= 0.3 is 0 Å². The number of amides is 1. The first kappa shape index (κ1) is 15.2. The summed E-state index contributed by atoms with van der Waals surface area (Å²) in [6.07, 6.45) is 3.74. The third-order valence-corrected chi connectivity index (χ3v) is 5.37. The van der Waals surface area contributed by atoms with Crippen LogP contribution in [0.2, 0.25) is 0 Å². The zero-order chi connectivity index (χ0) is 15.7. The largest absolute Gasteiger partial charge is 0.459 e. The second-order valence-corrected chi connectivity index (χ2v) is 6.94. The number of hydrogen-bond donors (Lipinski definition) is 2. The molecular formula is C16H20N2O3S. The second kappa shape index (κ2) is 5.85. The maximum Gasteiger partial charge on any atom is 0.263 e. The van der Waals surface area contributed by atoms with Crippen molar-refractivity contribution in [1.29, 1.82) is 0 Å². The van der Waals surface area contributed by atoms with Crippen LogP contribution in [0.1, 0.15) is 46.8 Å². The van der Waals surface area contributed by atoms with E-state index >= 15 is 0 Å². The average Bonchev–Trinajstić information content (AvgIpc) is 3.19. The van der Waals surface area contributed by atoms with Crippen LogP contribution < -0.4 is 5.32 Å². The highest BCUT2D eigenvalue weighted by atomic mass is 32.1. The highest BCUT2D eigenvalue weighted by molar-refractivity contribution is 7.17. The van der Waals surface area contributed by atoms with Crippen molar-refractivity contribution in [3.05, 3.63) is 28.5 Å². The smallest absolute Gasteiger partial charge is 0.263 e. The molecule has 3 rings (SSSR count). The number of furan rings is 1. The molecule has 1 fully saturated rings. The Kier molecular flexibility index (Phi) is 4.06. The normalized spacial score (nSPS) is 16.9. The SMILES string of the molecule is Cc1ccc(-c2nc(C)c(C(=O)NC3(CO)CCCC3)s2)o1. The minimum atomic E-state index is -0.463. The molecule has 0 spiro atoms. The molecule has 0 atom stereocenters. The lowest BCUT2D eigenvalue weighted by atomic mass is 9.99. The predicted molar refractivity (Wildman–Crippen MR) is 85.0 cm³/mol. The third-order valence-electron chi connectivity index (χ3n) is 4.20. The molecule has 0 aromatic carbocycles. The number of aromatic nitrogens is 1.